The lowest BCUT2D eigenvalue weighted by Crippen LogP contribution is -2.24. The van der Waals surface area contributed by atoms with Crippen LogP contribution in [0.15, 0.2) is 24.3 Å². The molecule has 1 aliphatic rings. The third kappa shape index (κ3) is 1.74. The van der Waals surface area contributed by atoms with Crippen molar-refractivity contribution in [1.82, 2.24) is 4.98 Å². The number of para-hydroxylation sites is 1. The van der Waals surface area contributed by atoms with Gasteiger partial charge in [0.05, 0.1) is 5.52 Å². The fraction of sp³-hybridized carbons (Fsp3) is 0.438. The molecule has 0 aliphatic heterocycles. The number of fused-ring (bicyclic) bond motifs is 2. The van der Waals surface area contributed by atoms with E-state index in [2.05, 4.69) is 45.0 Å². The Morgan fingerprint density at radius 3 is 2.76 bits per heavy atom. The summed E-state index contributed by atoms with van der Waals surface area (Å²) >= 11 is 0. The molecule has 0 fully saturated rings. The topological polar surface area (TPSA) is 12.9 Å². The lowest BCUT2D eigenvalue weighted by molar-refractivity contribution is 0.311. The number of aryl methyl sites for hydroxylation is 1. The van der Waals surface area contributed by atoms with Crippen molar-refractivity contribution in [3.8, 4) is 0 Å². The van der Waals surface area contributed by atoms with E-state index in [1.54, 1.807) is 0 Å². The van der Waals surface area contributed by atoms with Crippen LogP contribution in [0.4, 0.5) is 0 Å². The normalized spacial score (nSPS) is 18.1. The average molecular weight is 225 g/mol. The van der Waals surface area contributed by atoms with Crippen molar-refractivity contribution in [2.24, 2.45) is 5.41 Å². The van der Waals surface area contributed by atoms with Crippen molar-refractivity contribution >= 4 is 10.9 Å². The number of nitrogens with zero attached hydrogens (tertiary/aromatic N) is 1. The molecule has 0 saturated carbocycles. The maximum atomic E-state index is 4.87. The van der Waals surface area contributed by atoms with E-state index in [-0.39, 0.29) is 0 Å². The molecule has 17 heavy (non-hydrogen) atoms. The highest BCUT2D eigenvalue weighted by molar-refractivity contribution is 5.83. The Bertz CT molecular complexity index is 581. The van der Waals surface area contributed by atoms with Gasteiger partial charge in [0.2, 0.25) is 0 Å². The third-order valence-corrected chi connectivity index (χ3v) is 4.06. The summed E-state index contributed by atoms with van der Waals surface area (Å²) in [6.45, 7) is 6.95. The molecule has 0 radical (unpaired) electrons. The lowest BCUT2D eigenvalue weighted by Gasteiger charge is -2.31. The van der Waals surface area contributed by atoms with Gasteiger partial charge >= 0.3 is 0 Å². The number of hydrogen-bond donors (Lipinski definition) is 0. The first kappa shape index (κ1) is 10.8. The van der Waals surface area contributed by atoms with Crippen molar-refractivity contribution in [1.29, 1.82) is 0 Å². The van der Waals surface area contributed by atoms with Gasteiger partial charge in [-0.1, -0.05) is 32.0 Å². The summed E-state index contributed by atoms with van der Waals surface area (Å²) in [5.41, 5.74) is 5.84. The molecule has 88 valence electrons. The van der Waals surface area contributed by atoms with Crippen LogP contribution in [-0.4, -0.2) is 4.98 Å². The second kappa shape index (κ2) is 3.56. The minimum Gasteiger partial charge on any atom is -0.253 e. The smallest absolute Gasteiger partial charge is 0.0708 e. The van der Waals surface area contributed by atoms with Gasteiger partial charge in [-0.3, -0.25) is 4.98 Å². The van der Waals surface area contributed by atoms with Gasteiger partial charge in [-0.05, 0) is 48.8 Å². The van der Waals surface area contributed by atoms with Crippen molar-refractivity contribution in [2.45, 2.75) is 40.0 Å². The highest BCUT2D eigenvalue weighted by Crippen LogP contribution is 2.36. The van der Waals surface area contributed by atoms with E-state index in [9.17, 15) is 0 Å². The van der Waals surface area contributed by atoms with E-state index in [4.69, 9.17) is 4.98 Å². The number of aromatic nitrogens is 1. The minimum atomic E-state index is 0.412. The summed E-state index contributed by atoms with van der Waals surface area (Å²) in [6.07, 6.45) is 3.58. The first-order valence-corrected chi connectivity index (χ1v) is 6.44. The molecule has 1 heteroatoms. The van der Waals surface area contributed by atoms with Gasteiger partial charge < -0.3 is 0 Å². The highest BCUT2D eigenvalue weighted by atomic mass is 14.7. The molecule has 0 amide bonds. The molecule has 1 aromatic heterocycles. The Morgan fingerprint density at radius 1 is 1.18 bits per heavy atom. The van der Waals surface area contributed by atoms with Gasteiger partial charge in [-0.2, -0.15) is 0 Å². The Morgan fingerprint density at radius 2 is 1.94 bits per heavy atom. The summed E-state index contributed by atoms with van der Waals surface area (Å²) in [7, 11) is 0. The number of rotatable bonds is 0. The molecular weight excluding hydrogens is 206 g/mol. The van der Waals surface area contributed by atoms with Crippen LogP contribution in [0.5, 0.6) is 0 Å². The van der Waals surface area contributed by atoms with Crippen LogP contribution in [0.2, 0.25) is 0 Å². The molecule has 1 aromatic carbocycles. The largest absolute Gasteiger partial charge is 0.253 e. The summed E-state index contributed by atoms with van der Waals surface area (Å²) in [5.74, 6) is 0. The molecule has 0 atom stereocenters. The molecule has 1 aliphatic carbocycles. The Hall–Kier alpha value is -1.37. The van der Waals surface area contributed by atoms with Gasteiger partial charge in [0.25, 0.3) is 0 Å². The molecule has 0 bridgehead atoms. The van der Waals surface area contributed by atoms with Crippen molar-refractivity contribution in [3.63, 3.8) is 0 Å². The van der Waals surface area contributed by atoms with E-state index in [0.717, 1.165) is 11.9 Å². The van der Waals surface area contributed by atoms with Crippen LogP contribution < -0.4 is 0 Å². The van der Waals surface area contributed by atoms with E-state index in [1.165, 1.54) is 35.0 Å². The summed E-state index contributed by atoms with van der Waals surface area (Å²) in [4.78, 5) is 4.87. The van der Waals surface area contributed by atoms with Crippen LogP contribution in [0.25, 0.3) is 10.9 Å². The number of hydrogen-bond acceptors (Lipinski definition) is 1. The van der Waals surface area contributed by atoms with Crippen LogP contribution in [-0.2, 0) is 12.8 Å². The maximum absolute atomic E-state index is 4.87. The summed E-state index contributed by atoms with van der Waals surface area (Å²) in [6, 6.07) is 8.51. The monoisotopic (exact) mass is 225 g/mol. The second-order valence-corrected chi connectivity index (χ2v) is 6.02. The van der Waals surface area contributed by atoms with Crippen molar-refractivity contribution in [2.75, 3.05) is 0 Å². The van der Waals surface area contributed by atoms with Crippen LogP contribution >= 0.6 is 0 Å². The summed E-state index contributed by atoms with van der Waals surface area (Å²) < 4.78 is 0. The van der Waals surface area contributed by atoms with Crippen molar-refractivity contribution in [3.05, 3.63) is 41.1 Å². The van der Waals surface area contributed by atoms with Crippen molar-refractivity contribution < 1.29 is 0 Å². The van der Waals surface area contributed by atoms with Crippen LogP contribution in [0.3, 0.4) is 0 Å². The SMILES string of the molecule is Cc1c2c(nc3ccccc13)CC(C)(C)CC2. The fourth-order valence-electron chi connectivity index (χ4n) is 2.96. The van der Waals surface area contributed by atoms with Gasteiger partial charge in [-0.15, -0.1) is 0 Å². The molecular formula is C16H19N. The molecule has 0 unspecified atom stereocenters. The van der Waals surface area contributed by atoms with Gasteiger partial charge in [0.1, 0.15) is 0 Å². The number of pyridine rings is 1. The van der Waals surface area contributed by atoms with Gasteiger partial charge in [0, 0.05) is 11.1 Å². The Balaban J connectivity index is 2.26. The van der Waals surface area contributed by atoms with Gasteiger partial charge in [-0.25, -0.2) is 0 Å². The second-order valence-electron chi connectivity index (χ2n) is 6.02. The molecule has 3 rings (SSSR count). The fourth-order valence-corrected chi connectivity index (χ4v) is 2.96. The van der Waals surface area contributed by atoms with Crippen LogP contribution in [0, 0.1) is 12.3 Å². The maximum Gasteiger partial charge on any atom is 0.0708 e. The highest BCUT2D eigenvalue weighted by Gasteiger charge is 2.27. The first-order valence-electron chi connectivity index (χ1n) is 6.44. The molecule has 1 heterocycles. The lowest BCUT2D eigenvalue weighted by atomic mass is 9.75. The standard InChI is InChI=1S/C16H19N/c1-11-12-6-4-5-7-14(12)17-15-10-16(2,3)9-8-13(11)15/h4-7H,8-10H2,1-3H3. The first-order chi connectivity index (χ1) is 8.07. The van der Waals surface area contributed by atoms with E-state index in [1.807, 2.05) is 0 Å². The zero-order valence-electron chi connectivity index (χ0n) is 10.9. The third-order valence-electron chi connectivity index (χ3n) is 4.06. The zero-order valence-corrected chi connectivity index (χ0v) is 10.9. The number of benzene rings is 1. The molecule has 0 spiro atoms. The van der Waals surface area contributed by atoms with Gasteiger partial charge in [0.15, 0.2) is 0 Å². The molecule has 0 N–H and O–H groups in total. The average Bonchev–Trinajstić information content (AvgIpc) is 2.27. The predicted octanol–water partition coefficient (Wildman–Crippen LogP) is 4.06. The predicted molar refractivity (Wildman–Crippen MR) is 72.3 cm³/mol. The molecule has 2 aromatic rings. The van der Waals surface area contributed by atoms with Crippen LogP contribution in [0.1, 0.15) is 37.1 Å². The zero-order chi connectivity index (χ0) is 12.0. The quantitative estimate of drug-likeness (QED) is 0.659. The Kier molecular flexibility index (Phi) is 2.25. The molecule has 0 saturated heterocycles. The van der Waals surface area contributed by atoms with E-state index in [0.29, 0.717) is 5.41 Å². The summed E-state index contributed by atoms with van der Waals surface area (Å²) in [5, 5.41) is 1.32. The Labute approximate surface area is 103 Å². The van der Waals surface area contributed by atoms with E-state index < -0.39 is 0 Å². The van der Waals surface area contributed by atoms with E-state index >= 15 is 0 Å². The molecule has 1 nitrogen and oxygen atoms in total. The minimum absolute atomic E-state index is 0.412.